The Bertz CT molecular complexity index is 1610. The number of aliphatic imine (C=N–C) groups is 1. The molecular weight excluding hydrogens is 555 g/mol. The first-order chi connectivity index (χ1) is 19.9. The zero-order valence-electron chi connectivity index (χ0n) is 22.4. The summed E-state index contributed by atoms with van der Waals surface area (Å²) in [5.41, 5.74) is 18.3. The van der Waals surface area contributed by atoms with Crippen molar-refractivity contribution in [2.45, 2.75) is 25.2 Å². The van der Waals surface area contributed by atoms with Crippen molar-refractivity contribution in [2.75, 3.05) is 19.0 Å². The number of methoxy groups -OCH3 is 1. The third kappa shape index (κ3) is 7.27. The number of primary amides is 1. The molecule has 0 saturated carbocycles. The van der Waals surface area contributed by atoms with Gasteiger partial charge in [-0.15, -0.1) is 13.2 Å². The van der Waals surface area contributed by atoms with E-state index in [4.69, 9.17) is 21.9 Å². The third-order valence-electron chi connectivity index (χ3n) is 6.20. The van der Waals surface area contributed by atoms with Gasteiger partial charge in [0.15, 0.2) is 5.96 Å². The van der Waals surface area contributed by atoms with Gasteiger partial charge in [0.05, 0.1) is 18.1 Å². The third-order valence-corrected chi connectivity index (χ3v) is 6.20. The smallest absolute Gasteiger partial charge is 0.497 e. The van der Waals surface area contributed by atoms with Crippen molar-refractivity contribution < 1.29 is 32.2 Å². The summed E-state index contributed by atoms with van der Waals surface area (Å²) in [4.78, 5) is 34.2. The highest BCUT2D eigenvalue weighted by molar-refractivity contribution is 6.06. The molecule has 42 heavy (non-hydrogen) atoms. The summed E-state index contributed by atoms with van der Waals surface area (Å²) >= 11 is 0. The molecule has 0 radical (unpaired) electrons. The van der Waals surface area contributed by atoms with Gasteiger partial charge >= 0.3 is 6.36 Å². The largest absolute Gasteiger partial charge is 0.573 e. The summed E-state index contributed by atoms with van der Waals surface area (Å²) in [5.74, 6) is -0.940. The molecular formula is C28H28F3N7O4. The second-order valence-electron chi connectivity index (χ2n) is 9.13. The van der Waals surface area contributed by atoms with E-state index < -0.39 is 30.0 Å². The zero-order valence-corrected chi connectivity index (χ0v) is 22.4. The Morgan fingerprint density at radius 1 is 1.02 bits per heavy atom. The number of aromatic nitrogens is 2. The summed E-state index contributed by atoms with van der Waals surface area (Å²) in [6, 6.07) is 15.6. The van der Waals surface area contributed by atoms with Crippen molar-refractivity contribution in [3.63, 3.8) is 0 Å². The van der Waals surface area contributed by atoms with E-state index in [1.54, 1.807) is 36.4 Å². The van der Waals surface area contributed by atoms with Crippen molar-refractivity contribution in [3.8, 4) is 22.9 Å². The molecule has 0 spiro atoms. The maximum Gasteiger partial charge on any atom is 0.573 e. The quantitative estimate of drug-likeness (QED) is 0.118. The molecule has 11 nitrogen and oxygen atoms in total. The van der Waals surface area contributed by atoms with Crippen molar-refractivity contribution >= 4 is 34.5 Å². The summed E-state index contributed by atoms with van der Waals surface area (Å²) in [6.07, 6.45) is -4.35. The number of hydrogen-bond acceptors (Lipinski definition) is 6. The molecule has 4 rings (SSSR count). The number of nitrogens with one attached hydrogen (secondary N) is 1. The van der Waals surface area contributed by atoms with Gasteiger partial charge in [-0.3, -0.25) is 14.6 Å². The standard InChI is InChI=1S/C28H28F3N7O4/c1-41-19-10-8-18(9-11-19)36-26(40)17-7-12-22-21(15-17)37-25(16-4-2-5-20(14-16)42-28(29,30)31)38(22)23(24(32)39)6-3-13-35-27(33)34/h2,4-5,7-12,14-15,23H,3,6,13H2,1H3,(H2,32,39)(H,36,40)(H4,33,34,35)/t23-/m0/s1. The average Bonchev–Trinajstić information content (AvgIpc) is 3.31. The number of imidazole rings is 1. The monoisotopic (exact) mass is 583 g/mol. The van der Waals surface area contributed by atoms with Crippen molar-refractivity contribution in [1.82, 2.24) is 9.55 Å². The lowest BCUT2D eigenvalue weighted by Gasteiger charge is -2.19. The predicted molar refractivity (Wildman–Crippen MR) is 151 cm³/mol. The van der Waals surface area contributed by atoms with Gasteiger partial charge in [-0.25, -0.2) is 4.98 Å². The van der Waals surface area contributed by atoms with E-state index >= 15 is 0 Å². The van der Waals surface area contributed by atoms with Gasteiger partial charge in [-0.2, -0.15) is 0 Å². The van der Waals surface area contributed by atoms with Gasteiger partial charge in [0, 0.05) is 23.4 Å². The number of alkyl halides is 3. The lowest BCUT2D eigenvalue weighted by Crippen LogP contribution is -2.27. The fraction of sp³-hybridized carbons (Fsp3) is 0.214. The number of carbonyl (C=O) groups excluding carboxylic acids is 2. The topological polar surface area (TPSA) is 173 Å². The summed E-state index contributed by atoms with van der Waals surface area (Å²) in [6.45, 7) is 0.221. The minimum Gasteiger partial charge on any atom is -0.497 e. The number of fused-ring (bicyclic) bond motifs is 1. The molecule has 0 aliphatic heterocycles. The Balaban J connectivity index is 1.77. The Morgan fingerprint density at radius 2 is 1.76 bits per heavy atom. The summed E-state index contributed by atoms with van der Waals surface area (Å²) < 4.78 is 49.5. The molecule has 0 saturated heterocycles. The molecule has 0 bridgehead atoms. The number of anilines is 1. The number of amides is 2. The van der Waals surface area contributed by atoms with Crippen LogP contribution < -0.4 is 32.0 Å². The Hall–Kier alpha value is -5.27. The first-order valence-electron chi connectivity index (χ1n) is 12.6. The van der Waals surface area contributed by atoms with Crippen LogP contribution in [0.15, 0.2) is 71.7 Å². The lowest BCUT2D eigenvalue weighted by atomic mass is 10.1. The number of nitrogens with zero attached hydrogens (tertiary/aromatic N) is 3. The SMILES string of the molecule is COc1ccc(NC(=O)c2ccc3c(c2)nc(-c2cccc(OC(F)(F)F)c2)n3[C@@H](CCCN=C(N)N)C(N)=O)cc1. The number of hydrogen-bond donors (Lipinski definition) is 4. The van der Waals surface area contributed by atoms with Crippen LogP contribution >= 0.6 is 0 Å². The maximum atomic E-state index is 13.0. The first-order valence-corrected chi connectivity index (χ1v) is 12.6. The lowest BCUT2D eigenvalue weighted by molar-refractivity contribution is -0.274. The highest BCUT2D eigenvalue weighted by Crippen LogP contribution is 2.34. The Morgan fingerprint density at radius 3 is 2.40 bits per heavy atom. The zero-order chi connectivity index (χ0) is 30.4. The van der Waals surface area contributed by atoms with Gasteiger partial charge in [0.1, 0.15) is 23.4 Å². The molecule has 0 unspecified atom stereocenters. The van der Waals surface area contributed by atoms with Gasteiger partial charge in [-0.1, -0.05) is 12.1 Å². The second kappa shape index (κ2) is 12.5. The van der Waals surface area contributed by atoms with E-state index in [0.29, 0.717) is 28.9 Å². The fourth-order valence-electron chi connectivity index (χ4n) is 4.36. The van der Waals surface area contributed by atoms with Crippen LogP contribution in [0, 0.1) is 0 Å². The molecule has 0 aliphatic carbocycles. The van der Waals surface area contributed by atoms with Crippen LogP contribution in [0.5, 0.6) is 11.5 Å². The van der Waals surface area contributed by atoms with E-state index in [2.05, 4.69) is 20.0 Å². The molecule has 0 fully saturated rings. The summed E-state index contributed by atoms with van der Waals surface area (Å²) in [5, 5.41) is 2.78. The van der Waals surface area contributed by atoms with Gasteiger partial charge in [0.25, 0.3) is 5.91 Å². The number of nitrogens with two attached hydrogens (primary N) is 3. The average molecular weight is 584 g/mol. The molecule has 1 aromatic heterocycles. The minimum atomic E-state index is -4.91. The van der Waals surface area contributed by atoms with Crippen molar-refractivity contribution in [2.24, 2.45) is 22.2 Å². The summed E-state index contributed by atoms with van der Waals surface area (Å²) in [7, 11) is 1.53. The number of rotatable bonds is 11. The van der Waals surface area contributed by atoms with E-state index in [9.17, 15) is 22.8 Å². The molecule has 14 heteroatoms. The molecule has 220 valence electrons. The second-order valence-corrected chi connectivity index (χ2v) is 9.13. The number of ether oxygens (including phenoxy) is 2. The highest BCUT2D eigenvalue weighted by Gasteiger charge is 2.31. The van der Waals surface area contributed by atoms with Gasteiger partial charge < -0.3 is 36.6 Å². The molecule has 4 aromatic rings. The first kappa shape index (κ1) is 29.7. The van der Waals surface area contributed by atoms with Crippen molar-refractivity contribution in [1.29, 1.82) is 0 Å². The van der Waals surface area contributed by atoms with Crippen LogP contribution in [0.4, 0.5) is 18.9 Å². The highest BCUT2D eigenvalue weighted by atomic mass is 19.4. The van der Waals surface area contributed by atoms with Gasteiger partial charge in [0.2, 0.25) is 5.91 Å². The Kier molecular flexibility index (Phi) is 8.84. The number of guanidine groups is 1. The molecule has 7 N–H and O–H groups in total. The van der Waals surface area contributed by atoms with E-state index in [0.717, 1.165) is 12.1 Å². The van der Waals surface area contributed by atoms with Gasteiger partial charge in [-0.05, 0) is 67.4 Å². The minimum absolute atomic E-state index is 0.110. The van der Waals surface area contributed by atoms with Crippen molar-refractivity contribution in [3.05, 3.63) is 72.3 Å². The van der Waals surface area contributed by atoms with E-state index in [1.807, 2.05) is 0 Å². The van der Waals surface area contributed by atoms with Crippen LogP contribution in [0.25, 0.3) is 22.4 Å². The number of carbonyl (C=O) groups is 2. The van der Waals surface area contributed by atoms with Crippen LogP contribution in [0.3, 0.4) is 0 Å². The van der Waals surface area contributed by atoms with Crippen LogP contribution in [0.1, 0.15) is 29.2 Å². The Labute approximate surface area is 238 Å². The van der Waals surface area contributed by atoms with E-state index in [-0.39, 0.29) is 35.9 Å². The molecule has 1 heterocycles. The van der Waals surface area contributed by atoms with Crippen LogP contribution in [-0.4, -0.2) is 47.3 Å². The predicted octanol–water partition coefficient (Wildman–Crippen LogP) is 3.94. The molecule has 1 atom stereocenters. The normalized spacial score (nSPS) is 12.0. The number of halogens is 3. The van der Waals surface area contributed by atoms with Crippen LogP contribution in [-0.2, 0) is 4.79 Å². The van der Waals surface area contributed by atoms with Crippen LogP contribution in [0.2, 0.25) is 0 Å². The van der Waals surface area contributed by atoms with E-state index in [1.165, 1.54) is 29.9 Å². The number of benzene rings is 3. The molecule has 2 amide bonds. The molecule has 3 aromatic carbocycles. The molecule has 0 aliphatic rings. The maximum absolute atomic E-state index is 13.0. The fourth-order valence-corrected chi connectivity index (χ4v) is 4.36.